The summed E-state index contributed by atoms with van der Waals surface area (Å²) in [6.45, 7) is 1.76. The van der Waals surface area contributed by atoms with E-state index in [-0.39, 0.29) is 10.6 Å². The molecular weight excluding hydrogens is 448 g/mol. The van der Waals surface area contributed by atoms with E-state index in [1.807, 2.05) is 0 Å². The van der Waals surface area contributed by atoms with Gasteiger partial charge in [-0.15, -0.1) is 11.3 Å². The van der Waals surface area contributed by atoms with Crippen molar-refractivity contribution in [1.29, 1.82) is 0 Å². The lowest BCUT2D eigenvalue weighted by molar-refractivity contribution is -0.137. The molecule has 0 bridgehead atoms. The summed E-state index contributed by atoms with van der Waals surface area (Å²) >= 11 is 1.11. The van der Waals surface area contributed by atoms with Crippen LogP contribution >= 0.6 is 11.3 Å². The van der Waals surface area contributed by atoms with Gasteiger partial charge in [0.2, 0.25) is 5.91 Å². The van der Waals surface area contributed by atoms with Crippen molar-refractivity contribution in [2.75, 3.05) is 5.32 Å². The van der Waals surface area contributed by atoms with Crippen LogP contribution in [0.2, 0.25) is 0 Å². The summed E-state index contributed by atoms with van der Waals surface area (Å²) in [5, 5.41) is 7.60. The van der Waals surface area contributed by atoms with Crippen LogP contribution in [0.3, 0.4) is 0 Å². The number of halogens is 4. The third-order valence-electron chi connectivity index (χ3n) is 4.69. The lowest BCUT2D eigenvalue weighted by Gasteiger charge is -2.12. The second-order valence-corrected chi connectivity index (χ2v) is 7.91. The first-order valence-corrected chi connectivity index (χ1v) is 9.94. The molecule has 164 valence electrons. The molecule has 2 heterocycles. The Bertz CT molecular complexity index is 1360. The molecule has 0 unspecified atom stereocenters. The molecule has 0 saturated heterocycles. The fourth-order valence-corrected chi connectivity index (χ4v) is 4.26. The van der Waals surface area contributed by atoms with E-state index in [9.17, 15) is 27.2 Å². The van der Waals surface area contributed by atoms with E-state index in [0.29, 0.717) is 27.7 Å². The fraction of sp³-hybridized carbons (Fsp3) is 0.0952. The SMILES string of the molecule is Cc1nn(-c2ccc(F)cc2)c2sc(C(=O)Nc3ccc(C(F)(F)F)c(C(N)=O)c3)cc12. The molecule has 6 nitrogen and oxygen atoms in total. The van der Waals surface area contributed by atoms with Crippen molar-refractivity contribution < 1.29 is 27.2 Å². The Morgan fingerprint density at radius 3 is 2.41 bits per heavy atom. The van der Waals surface area contributed by atoms with E-state index < -0.39 is 34.9 Å². The normalized spacial score (nSPS) is 11.7. The Hall–Kier alpha value is -3.73. The molecule has 4 rings (SSSR count). The molecule has 3 N–H and O–H groups in total. The number of fused-ring (bicyclic) bond motifs is 1. The number of hydrogen-bond donors (Lipinski definition) is 2. The molecule has 32 heavy (non-hydrogen) atoms. The third-order valence-corrected chi connectivity index (χ3v) is 5.80. The Labute approximate surface area is 182 Å². The number of nitrogens with zero attached hydrogens (tertiary/aromatic N) is 2. The van der Waals surface area contributed by atoms with Crippen molar-refractivity contribution in [2.24, 2.45) is 5.73 Å². The zero-order valence-corrected chi connectivity index (χ0v) is 17.1. The Morgan fingerprint density at radius 1 is 1.09 bits per heavy atom. The number of nitrogens with two attached hydrogens (primary N) is 1. The summed E-state index contributed by atoms with van der Waals surface area (Å²) < 4.78 is 54.0. The molecule has 0 aliphatic rings. The largest absolute Gasteiger partial charge is 0.417 e. The highest BCUT2D eigenvalue weighted by Gasteiger charge is 2.35. The fourth-order valence-electron chi connectivity index (χ4n) is 3.18. The van der Waals surface area contributed by atoms with E-state index in [1.165, 1.54) is 12.1 Å². The van der Waals surface area contributed by atoms with Crippen molar-refractivity contribution in [1.82, 2.24) is 9.78 Å². The van der Waals surface area contributed by atoms with Gasteiger partial charge < -0.3 is 11.1 Å². The molecule has 0 fully saturated rings. The lowest BCUT2D eigenvalue weighted by atomic mass is 10.1. The van der Waals surface area contributed by atoms with Gasteiger partial charge >= 0.3 is 6.18 Å². The molecular formula is C21H14F4N4O2S. The Balaban J connectivity index is 1.66. The maximum atomic E-state index is 13.2. The Kier molecular flexibility index (Phi) is 5.21. The standard InChI is InChI=1S/C21H14F4N4O2S/c1-10-14-9-17(32-20(14)29(28-10)13-5-2-11(22)3-6-13)19(31)27-12-4-7-16(21(23,24)25)15(8-12)18(26)30/h2-9H,1H3,(H2,26,30)(H,27,31). The van der Waals surface area contributed by atoms with E-state index in [4.69, 9.17) is 5.73 Å². The van der Waals surface area contributed by atoms with Gasteiger partial charge in [-0.2, -0.15) is 18.3 Å². The molecule has 0 atom stereocenters. The maximum Gasteiger partial charge on any atom is 0.417 e. The summed E-state index contributed by atoms with van der Waals surface area (Å²) in [4.78, 5) is 25.1. The minimum absolute atomic E-state index is 0.00820. The number of carbonyl (C=O) groups is 2. The molecule has 0 aliphatic carbocycles. The molecule has 4 aromatic rings. The van der Waals surface area contributed by atoms with Gasteiger partial charge in [-0.1, -0.05) is 0 Å². The smallest absolute Gasteiger partial charge is 0.366 e. The zero-order valence-electron chi connectivity index (χ0n) is 16.3. The van der Waals surface area contributed by atoms with Gasteiger partial charge in [0, 0.05) is 11.1 Å². The van der Waals surface area contributed by atoms with Crippen LogP contribution in [-0.4, -0.2) is 21.6 Å². The van der Waals surface area contributed by atoms with Gasteiger partial charge in [0.1, 0.15) is 10.6 Å². The predicted octanol–water partition coefficient (Wildman–Crippen LogP) is 4.90. The van der Waals surface area contributed by atoms with Crippen LogP contribution in [0.5, 0.6) is 0 Å². The molecule has 0 saturated carbocycles. The van der Waals surface area contributed by atoms with Crippen LogP contribution in [0.15, 0.2) is 48.5 Å². The number of thiophene rings is 1. The topological polar surface area (TPSA) is 90.0 Å². The third kappa shape index (κ3) is 3.94. The number of rotatable bonds is 4. The number of aryl methyl sites for hydroxylation is 1. The van der Waals surface area contributed by atoms with E-state index >= 15 is 0 Å². The first-order valence-electron chi connectivity index (χ1n) is 9.12. The van der Waals surface area contributed by atoms with Gasteiger partial charge in [-0.05, 0) is 55.5 Å². The van der Waals surface area contributed by atoms with Crippen LogP contribution in [-0.2, 0) is 6.18 Å². The number of nitrogens with one attached hydrogen (secondary N) is 1. The van der Waals surface area contributed by atoms with Crippen LogP contribution in [0, 0.1) is 12.7 Å². The van der Waals surface area contributed by atoms with E-state index in [1.54, 1.807) is 29.8 Å². The highest BCUT2D eigenvalue weighted by Crippen LogP contribution is 2.34. The monoisotopic (exact) mass is 462 g/mol. The second-order valence-electron chi connectivity index (χ2n) is 6.88. The van der Waals surface area contributed by atoms with Crippen molar-refractivity contribution >= 4 is 39.1 Å². The van der Waals surface area contributed by atoms with Gasteiger partial charge in [-0.25, -0.2) is 9.07 Å². The average molecular weight is 462 g/mol. The first-order chi connectivity index (χ1) is 15.0. The van der Waals surface area contributed by atoms with Crippen molar-refractivity contribution in [2.45, 2.75) is 13.1 Å². The average Bonchev–Trinajstić information content (AvgIpc) is 3.28. The summed E-state index contributed by atoms with van der Waals surface area (Å²) in [6.07, 6.45) is -4.76. The summed E-state index contributed by atoms with van der Waals surface area (Å²) in [5.41, 5.74) is 4.39. The quantitative estimate of drug-likeness (QED) is 0.423. The molecule has 11 heteroatoms. The number of primary amides is 1. The zero-order chi connectivity index (χ0) is 23.2. The van der Waals surface area contributed by atoms with Gasteiger partial charge in [0.15, 0.2) is 0 Å². The number of amides is 2. The van der Waals surface area contributed by atoms with Crippen LogP contribution in [0.1, 0.15) is 31.3 Å². The van der Waals surface area contributed by atoms with Crippen LogP contribution in [0.25, 0.3) is 15.9 Å². The predicted molar refractivity (Wildman–Crippen MR) is 112 cm³/mol. The molecule has 0 radical (unpaired) electrons. The minimum Gasteiger partial charge on any atom is -0.366 e. The van der Waals surface area contributed by atoms with Crippen molar-refractivity contribution in [3.63, 3.8) is 0 Å². The summed E-state index contributed by atoms with van der Waals surface area (Å²) in [7, 11) is 0. The van der Waals surface area contributed by atoms with Crippen molar-refractivity contribution in [3.05, 3.63) is 76.0 Å². The van der Waals surface area contributed by atoms with E-state index in [2.05, 4.69) is 10.4 Å². The summed E-state index contributed by atoms with van der Waals surface area (Å²) in [5.74, 6) is -2.23. The Morgan fingerprint density at radius 2 is 1.78 bits per heavy atom. The summed E-state index contributed by atoms with van der Waals surface area (Å²) in [6, 6.07) is 9.92. The van der Waals surface area contributed by atoms with Crippen molar-refractivity contribution in [3.8, 4) is 5.69 Å². The molecule has 0 aliphatic heterocycles. The number of alkyl halides is 3. The van der Waals surface area contributed by atoms with Crippen LogP contribution < -0.4 is 11.1 Å². The second kappa shape index (κ2) is 7.75. The van der Waals surface area contributed by atoms with Gasteiger partial charge in [0.25, 0.3) is 5.91 Å². The molecule has 0 spiro atoms. The maximum absolute atomic E-state index is 13.2. The minimum atomic E-state index is -4.76. The molecule has 2 aromatic carbocycles. The number of hydrogen-bond acceptors (Lipinski definition) is 4. The number of benzene rings is 2. The van der Waals surface area contributed by atoms with Crippen LogP contribution in [0.4, 0.5) is 23.2 Å². The highest BCUT2D eigenvalue weighted by atomic mass is 32.1. The van der Waals surface area contributed by atoms with Gasteiger partial charge in [-0.3, -0.25) is 9.59 Å². The van der Waals surface area contributed by atoms with Gasteiger partial charge in [0.05, 0.1) is 27.4 Å². The number of carbonyl (C=O) groups excluding carboxylic acids is 2. The number of aromatic nitrogens is 2. The molecule has 2 aromatic heterocycles. The highest BCUT2D eigenvalue weighted by molar-refractivity contribution is 7.20. The molecule has 2 amide bonds. The number of anilines is 1. The lowest BCUT2D eigenvalue weighted by Crippen LogP contribution is -2.20. The van der Waals surface area contributed by atoms with E-state index in [0.717, 1.165) is 23.5 Å². The first kappa shape index (κ1) is 21.5.